The third-order valence-corrected chi connectivity index (χ3v) is 4.63. The van der Waals surface area contributed by atoms with Crippen LogP contribution in [-0.4, -0.2) is 23.0 Å². The number of rotatable bonds is 5. The van der Waals surface area contributed by atoms with Gasteiger partial charge in [-0.15, -0.1) is 5.54 Å². The lowest BCUT2D eigenvalue weighted by Gasteiger charge is -2.16. The van der Waals surface area contributed by atoms with Crippen LogP contribution in [0.2, 0.25) is 39.3 Å². The summed E-state index contributed by atoms with van der Waals surface area (Å²) in [5.74, 6) is 3.29. The summed E-state index contributed by atoms with van der Waals surface area (Å²) in [6.07, 6.45) is 2.19. The van der Waals surface area contributed by atoms with Crippen LogP contribution < -0.4 is 0 Å². The van der Waals surface area contributed by atoms with E-state index in [1.807, 2.05) is 0 Å². The van der Waals surface area contributed by atoms with Crippen molar-refractivity contribution in [3.05, 3.63) is 35.4 Å². The summed E-state index contributed by atoms with van der Waals surface area (Å²) in [5, 5.41) is 0. The van der Waals surface area contributed by atoms with Crippen molar-refractivity contribution in [3.63, 3.8) is 0 Å². The SMILES string of the molecule is C[Si](C)(C)C#Cc1ccc(CCCO[Si](C)(C)C)cc1. The van der Waals surface area contributed by atoms with Crippen LogP contribution in [-0.2, 0) is 10.8 Å². The van der Waals surface area contributed by atoms with Crippen LogP contribution in [0.4, 0.5) is 0 Å². The molecule has 0 N–H and O–H groups in total. The zero-order chi connectivity index (χ0) is 15.2. The van der Waals surface area contributed by atoms with Crippen LogP contribution in [0, 0.1) is 11.5 Å². The van der Waals surface area contributed by atoms with E-state index in [2.05, 4.69) is 75.0 Å². The van der Waals surface area contributed by atoms with Crippen LogP contribution in [0.3, 0.4) is 0 Å². The molecule has 0 aliphatic carbocycles. The number of hydrogen-bond donors (Lipinski definition) is 0. The molecule has 0 radical (unpaired) electrons. The Labute approximate surface area is 126 Å². The van der Waals surface area contributed by atoms with Crippen LogP contribution >= 0.6 is 0 Å². The molecule has 0 aliphatic rings. The highest BCUT2D eigenvalue weighted by atomic mass is 28.4. The maximum Gasteiger partial charge on any atom is 0.183 e. The van der Waals surface area contributed by atoms with Gasteiger partial charge in [-0.1, -0.05) is 37.7 Å². The standard InChI is InChI=1S/C17H28OSi2/c1-19(2,3)15-13-17-11-9-16(10-12-17)8-7-14-18-20(4,5)6/h9-12H,7-8,14H2,1-6H3. The van der Waals surface area contributed by atoms with Gasteiger partial charge in [0.2, 0.25) is 0 Å². The second kappa shape index (κ2) is 7.26. The topological polar surface area (TPSA) is 9.23 Å². The van der Waals surface area contributed by atoms with Gasteiger partial charge in [-0.25, -0.2) is 0 Å². The molecule has 0 atom stereocenters. The van der Waals surface area contributed by atoms with E-state index in [9.17, 15) is 0 Å². The predicted molar refractivity (Wildman–Crippen MR) is 94.3 cm³/mol. The number of hydrogen-bond acceptors (Lipinski definition) is 1. The molecule has 0 spiro atoms. The third-order valence-electron chi connectivity index (χ3n) is 2.68. The van der Waals surface area contributed by atoms with Gasteiger partial charge in [0.05, 0.1) is 0 Å². The van der Waals surface area contributed by atoms with Gasteiger partial charge in [0.15, 0.2) is 8.32 Å². The first kappa shape index (κ1) is 17.2. The van der Waals surface area contributed by atoms with Crippen molar-refractivity contribution in [1.29, 1.82) is 0 Å². The summed E-state index contributed by atoms with van der Waals surface area (Å²) in [5.41, 5.74) is 5.91. The lowest BCUT2D eigenvalue weighted by Crippen LogP contribution is -2.25. The van der Waals surface area contributed by atoms with E-state index in [1.165, 1.54) is 5.56 Å². The molecule has 1 aromatic carbocycles. The van der Waals surface area contributed by atoms with Crippen molar-refractivity contribution in [2.75, 3.05) is 6.61 Å². The maximum absolute atomic E-state index is 5.87. The zero-order valence-corrected chi connectivity index (χ0v) is 15.8. The lowest BCUT2D eigenvalue weighted by atomic mass is 10.1. The highest BCUT2D eigenvalue weighted by Crippen LogP contribution is 2.09. The summed E-state index contributed by atoms with van der Waals surface area (Å²) < 4.78 is 5.87. The average Bonchev–Trinajstić information content (AvgIpc) is 2.31. The Morgan fingerprint density at radius 1 is 0.950 bits per heavy atom. The van der Waals surface area contributed by atoms with Gasteiger partial charge in [-0.05, 0) is 50.2 Å². The summed E-state index contributed by atoms with van der Waals surface area (Å²) in [7, 11) is -2.62. The van der Waals surface area contributed by atoms with Gasteiger partial charge < -0.3 is 4.43 Å². The Kier molecular flexibility index (Phi) is 6.25. The molecule has 20 heavy (non-hydrogen) atoms. The molecule has 3 heteroatoms. The molecule has 1 nitrogen and oxygen atoms in total. The highest BCUT2D eigenvalue weighted by molar-refractivity contribution is 6.83. The van der Waals surface area contributed by atoms with Crippen LogP contribution in [0.15, 0.2) is 24.3 Å². The van der Waals surface area contributed by atoms with Crippen molar-refractivity contribution in [2.24, 2.45) is 0 Å². The molecular formula is C17H28OSi2. The fourth-order valence-electron chi connectivity index (χ4n) is 1.67. The van der Waals surface area contributed by atoms with E-state index in [0.29, 0.717) is 0 Å². The van der Waals surface area contributed by atoms with E-state index in [1.54, 1.807) is 0 Å². The van der Waals surface area contributed by atoms with E-state index in [4.69, 9.17) is 4.43 Å². The Morgan fingerprint density at radius 3 is 2.05 bits per heavy atom. The zero-order valence-electron chi connectivity index (χ0n) is 13.8. The van der Waals surface area contributed by atoms with E-state index in [-0.39, 0.29) is 0 Å². The van der Waals surface area contributed by atoms with E-state index >= 15 is 0 Å². The van der Waals surface area contributed by atoms with Gasteiger partial charge in [-0.3, -0.25) is 0 Å². The molecule has 0 bridgehead atoms. The molecule has 0 amide bonds. The molecule has 0 aromatic heterocycles. The Morgan fingerprint density at radius 2 is 1.55 bits per heavy atom. The fourth-order valence-corrected chi connectivity index (χ4v) is 2.95. The highest BCUT2D eigenvalue weighted by Gasteiger charge is 2.13. The van der Waals surface area contributed by atoms with Gasteiger partial charge in [0.25, 0.3) is 0 Å². The predicted octanol–water partition coefficient (Wildman–Crippen LogP) is 4.70. The van der Waals surface area contributed by atoms with Crippen molar-refractivity contribution < 1.29 is 4.43 Å². The van der Waals surface area contributed by atoms with Crippen molar-refractivity contribution in [2.45, 2.75) is 52.1 Å². The molecule has 0 saturated carbocycles. The minimum Gasteiger partial charge on any atom is -0.418 e. The summed E-state index contributed by atoms with van der Waals surface area (Å²) >= 11 is 0. The van der Waals surface area contributed by atoms with Gasteiger partial charge in [0, 0.05) is 12.2 Å². The summed E-state index contributed by atoms with van der Waals surface area (Å²) in [6, 6.07) is 8.68. The summed E-state index contributed by atoms with van der Waals surface area (Å²) in [6.45, 7) is 14.4. The minimum atomic E-state index is -1.35. The Balaban J connectivity index is 2.45. The normalized spacial score (nSPS) is 11.9. The monoisotopic (exact) mass is 304 g/mol. The molecule has 0 saturated heterocycles. The molecule has 1 rings (SSSR count). The molecule has 0 unspecified atom stereocenters. The number of aryl methyl sites for hydroxylation is 1. The molecular weight excluding hydrogens is 276 g/mol. The van der Waals surface area contributed by atoms with Gasteiger partial charge in [-0.2, -0.15) is 0 Å². The third kappa shape index (κ3) is 8.37. The second-order valence-electron chi connectivity index (χ2n) is 7.26. The van der Waals surface area contributed by atoms with Crippen molar-refractivity contribution >= 4 is 16.4 Å². The smallest absolute Gasteiger partial charge is 0.183 e. The Bertz CT molecular complexity index is 467. The lowest BCUT2D eigenvalue weighted by molar-refractivity contribution is 0.305. The molecule has 0 aliphatic heterocycles. The summed E-state index contributed by atoms with van der Waals surface area (Å²) in [4.78, 5) is 0. The first-order valence-corrected chi connectivity index (χ1v) is 14.3. The average molecular weight is 305 g/mol. The fraction of sp³-hybridized carbons (Fsp3) is 0.529. The van der Waals surface area contributed by atoms with Gasteiger partial charge >= 0.3 is 0 Å². The Hall–Kier alpha value is -0.826. The van der Waals surface area contributed by atoms with Crippen molar-refractivity contribution in [3.8, 4) is 11.5 Å². The van der Waals surface area contributed by atoms with Crippen molar-refractivity contribution in [1.82, 2.24) is 0 Å². The molecule has 1 aromatic rings. The molecule has 0 heterocycles. The second-order valence-corrected chi connectivity index (χ2v) is 16.5. The first-order valence-electron chi connectivity index (χ1n) is 7.42. The maximum atomic E-state index is 5.87. The van der Waals surface area contributed by atoms with Crippen LogP contribution in [0.25, 0.3) is 0 Å². The largest absolute Gasteiger partial charge is 0.418 e. The number of benzene rings is 1. The molecule has 110 valence electrons. The van der Waals surface area contributed by atoms with E-state index in [0.717, 1.165) is 25.0 Å². The van der Waals surface area contributed by atoms with Gasteiger partial charge in [0.1, 0.15) is 8.07 Å². The van der Waals surface area contributed by atoms with E-state index < -0.39 is 16.4 Å². The molecule has 0 fully saturated rings. The first-order chi connectivity index (χ1) is 9.16. The van der Waals surface area contributed by atoms with Crippen LogP contribution in [0.5, 0.6) is 0 Å². The minimum absolute atomic E-state index is 0.882. The van der Waals surface area contributed by atoms with Crippen LogP contribution in [0.1, 0.15) is 17.5 Å². The quantitative estimate of drug-likeness (QED) is 0.435.